The lowest BCUT2D eigenvalue weighted by Crippen LogP contribution is -2.28. The van der Waals surface area contributed by atoms with E-state index >= 15 is 0 Å². The minimum atomic E-state index is -4.77. The second-order valence-corrected chi connectivity index (χ2v) is 11.3. The Labute approximate surface area is 285 Å². The number of hydrogen-bond acceptors (Lipinski definition) is 7. The highest BCUT2D eigenvalue weighted by Gasteiger charge is 2.35. The zero-order valence-corrected chi connectivity index (χ0v) is 27.4. The maximum absolute atomic E-state index is 14.3. The number of ether oxygens (including phenoxy) is 1. The molecule has 20 heteroatoms. The van der Waals surface area contributed by atoms with E-state index in [1.807, 2.05) is 0 Å². The van der Waals surface area contributed by atoms with Crippen LogP contribution in [0.4, 0.5) is 40.8 Å². The molecule has 2 heterocycles. The third kappa shape index (κ3) is 8.88. The highest BCUT2D eigenvalue weighted by Crippen LogP contribution is 2.32. The van der Waals surface area contributed by atoms with Gasteiger partial charge in [0.1, 0.15) is 16.8 Å². The smallest absolute Gasteiger partial charge is 0.418 e. The topological polar surface area (TPSA) is 122 Å². The fourth-order valence-corrected chi connectivity index (χ4v) is 4.72. The van der Waals surface area contributed by atoms with Crippen LogP contribution in [-0.2, 0) is 28.3 Å². The predicted molar refractivity (Wildman–Crippen MR) is 163 cm³/mol. The average Bonchev–Trinajstić information content (AvgIpc) is 2.98. The minimum Gasteiger partial charge on any atom is -0.465 e. The number of esters is 1. The van der Waals surface area contributed by atoms with Gasteiger partial charge in [0.25, 0.3) is 11.1 Å². The van der Waals surface area contributed by atoms with Crippen molar-refractivity contribution in [2.75, 3.05) is 12.3 Å². The number of hydrogen-bond donors (Lipinski definition) is 1. The Bertz CT molecular complexity index is 2020. The molecule has 2 N–H and O–H groups in total. The molecule has 4 rings (SSSR count). The average molecular weight is 763 g/mol. The van der Waals surface area contributed by atoms with E-state index in [9.17, 15) is 49.5 Å². The van der Waals surface area contributed by atoms with Crippen LogP contribution in [0, 0.1) is 25.5 Å². The first-order valence-corrected chi connectivity index (χ1v) is 14.6. The number of alkyl halides is 7. The fourth-order valence-electron chi connectivity index (χ4n) is 4.12. The molecule has 0 fully saturated rings. The normalized spacial score (nSPS) is 12.3. The Kier molecular flexibility index (Phi) is 12.1. The van der Waals surface area contributed by atoms with Gasteiger partial charge in [-0.15, -0.1) is 11.6 Å². The SMILES string of the molecule is CCOC(=O)C(Cl)Cc1cc(-n2ncc(C(F)(F)F)c(C)c2=O)c(F)cc1Cl.Cc1c(C(F)(F)F)cnn(-c2cc(N)c(Cl)cc2F)c1=O. The number of benzene rings is 2. The number of carbonyl (C=O) groups excluding carboxylic acids is 1. The van der Waals surface area contributed by atoms with Gasteiger partial charge in [0.15, 0.2) is 11.6 Å². The molecule has 0 radical (unpaired) electrons. The lowest BCUT2D eigenvalue weighted by atomic mass is 10.1. The Hall–Kier alpha value is -4.22. The van der Waals surface area contributed by atoms with Gasteiger partial charge < -0.3 is 10.5 Å². The molecule has 1 unspecified atom stereocenters. The number of anilines is 1. The van der Waals surface area contributed by atoms with E-state index in [1.54, 1.807) is 6.92 Å². The van der Waals surface area contributed by atoms with Crippen molar-refractivity contribution in [2.24, 2.45) is 0 Å². The summed E-state index contributed by atoms with van der Waals surface area (Å²) in [5.41, 5.74) is -1.00. The lowest BCUT2D eigenvalue weighted by Gasteiger charge is -2.15. The molecule has 4 aromatic rings. The molecule has 1 atom stereocenters. The van der Waals surface area contributed by atoms with Crippen molar-refractivity contribution in [1.29, 1.82) is 0 Å². The molecule has 0 aliphatic rings. The summed E-state index contributed by atoms with van der Waals surface area (Å²) in [5.74, 6) is -2.63. The van der Waals surface area contributed by atoms with Crippen LogP contribution in [0.25, 0.3) is 11.4 Å². The number of nitrogens with zero attached hydrogens (tertiary/aromatic N) is 4. The second kappa shape index (κ2) is 15.1. The second-order valence-electron chi connectivity index (χ2n) is 9.94. The summed E-state index contributed by atoms with van der Waals surface area (Å²) in [5, 5.41) is 5.50. The highest BCUT2D eigenvalue weighted by atomic mass is 35.5. The number of halogens is 11. The summed E-state index contributed by atoms with van der Waals surface area (Å²) < 4.78 is 111. The number of aromatic nitrogens is 4. The fraction of sp³-hybridized carbons (Fsp3) is 0.276. The van der Waals surface area contributed by atoms with Gasteiger partial charge in [-0.3, -0.25) is 14.4 Å². The van der Waals surface area contributed by atoms with Crippen molar-refractivity contribution in [1.82, 2.24) is 19.6 Å². The Morgan fingerprint density at radius 2 is 1.27 bits per heavy atom. The van der Waals surface area contributed by atoms with Gasteiger partial charge in [0.05, 0.1) is 40.8 Å². The molecule has 0 aliphatic carbocycles. The maximum atomic E-state index is 14.3. The summed E-state index contributed by atoms with van der Waals surface area (Å²) in [6.45, 7) is 3.65. The van der Waals surface area contributed by atoms with Crippen LogP contribution in [0.3, 0.4) is 0 Å². The van der Waals surface area contributed by atoms with Crippen LogP contribution in [-0.4, -0.2) is 37.5 Å². The molecule has 0 spiro atoms. The van der Waals surface area contributed by atoms with E-state index in [0.717, 1.165) is 38.1 Å². The summed E-state index contributed by atoms with van der Waals surface area (Å²) in [6.07, 6.45) is -8.74. The van der Waals surface area contributed by atoms with Gasteiger partial charge >= 0.3 is 18.3 Å². The number of carbonyl (C=O) groups is 1. The monoisotopic (exact) mass is 761 g/mol. The summed E-state index contributed by atoms with van der Waals surface area (Å²) in [7, 11) is 0. The van der Waals surface area contributed by atoms with E-state index in [2.05, 4.69) is 10.2 Å². The summed E-state index contributed by atoms with van der Waals surface area (Å²) in [4.78, 5) is 35.9. The largest absolute Gasteiger partial charge is 0.465 e. The van der Waals surface area contributed by atoms with E-state index in [1.165, 1.54) is 0 Å². The first-order chi connectivity index (χ1) is 22.6. The molecule has 264 valence electrons. The first kappa shape index (κ1) is 39.2. The molecule has 0 saturated carbocycles. The summed E-state index contributed by atoms with van der Waals surface area (Å²) in [6, 6.07) is 3.85. The predicted octanol–water partition coefficient (Wildman–Crippen LogP) is 7.00. The van der Waals surface area contributed by atoms with Crippen LogP contribution < -0.4 is 16.9 Å². The van der Waals surface area contributed by atoms with E-state index in [4.69, 9.17) is 45.3 Å². The Balaban J connectivity index is 0.000000276. The van der Waals surface area contributed by atoms with Crippen molar-refractivity contribution in [3.8, 4) is 11.4 Å². The van der Waals surface area contributed by atoms with Crippen LogP contribution >= 0.6 is 34.8 Å². The minimum absolute atomic E-state index is 0.0284. The third-order valence-electron chi connectivity index (χ3n) is 6.63. The van der Waals surface area contributed by atoms with E-state index < -0.39 is 74.4 Å². The Morgan fingerprint density at radius 3 is 1.69 bits per heavy atom. The third-order valence-corrected chi connectivity index (χ3v) is 7.64. The zero-order valence-electron chi connectivity index (χ0n) is 25.1. The lowest BCUT2D eigenvalue weighted by molar-refractivity contribution is -0.142. The zero-order chi connectivity index (χ0) is 37.2. The van der Waals surface area contributed by atoms with E-state index in [-0.39, 0.29) is 40.0 Å². The van der Waals surface area contributed by atoms with Gasteiger partial charge in [-0.05, 0) is 50.6 Å². The molecule has 0 bridgehead atoms. The Morgan fingerprint density at radius 1 is 0.837 bits per heavy atom. The van der Waals surface area contributed by atoms with Crippen molar-refractivity contribution < 1.29 is 44.7 Å². The molecular formula is C29H22Cl3F8N5O4. The van der Waals surface area contributed by atoms with Gasteiger partial charge in [-0.2, -0.15) is 45.9 Å². The van der Waals surface area contributed by atoms with Gasteiger partial charge in [-0.25, -0.2) is 8.78 Å². The van der Waals surface area contributed by atoms with Crippen LogP contribution in [0.15, 0.2) is 46.2 Å². The van der Waals surface area contributed by atoms with Gasteiger partial charge in [0, 0.05) is 22.6 Å². The van der Waals surface area contributed by atoms with Crippen molar-refractivity contribution in [3.63, 3.8) is 0 Å². The molecule has 0 aliphatic heterocycles. The van der Waals surface area contributed by atoms with Crippen LogP contribution in [0.1, 0.15) is 34.7 Å². The van der Waals surface area contributed by atoms with Crippen molar-refractivity contribution >= 4 is 46.5 Å². The number of nitrogen functional groups attached to an aromatic ring is 1. The van der Waals surface area contributed by atoms with Gasteiger partial charge in [0.2, 0.25) is 0 Å². The van der Waals surface area contributed by atoms with Crippen LogP contribution in [0.2, 0.25) is 10.0 Å². The molecule has 9 nitrogen and oxygen atoms in total. The molecule has 2 aromatic carbocycles. The summed E-state index contributed by atoms with van der Waals surface area (Å²) >= 11 is 17.5. The highest BCUT2D eigenvalue weighted by molar-refractivity contribution is 6.33. The quantitative estimate of drug-likeness (QED) is 0.0972. The molecular weight excluding hydrogens is 741 g/mol. The van der Waals surface area contributed by atoms with Crippen molar-refractivity contribution in [3.05, 3.63) is 107 Å². The standard InChI is InChI=1S/C17H14Cl2F4N2O3.C12H8ClF4N3O/c1-3-28-16(27)12(19)4-9-5-14(13(20)6-11(9)18)25-15(26)8(2)10(7-24-25)17(21,22)23;1-5-6(12(15,16)17)4-19-20(11(5)21)10-3-9(18)7(13)2-8(10)14/h5-7,12H,3-4H2,1-2H3;2-4H,18H2,1H3. The van der Waals surface area contributed by atoms with Crippen molar-refractivity contribution in [2.45, 2.75) is 44.9 Å². The number of rotatable bonds is 6. The number of nitrogens with two attached hydrogens (primary N) is 1. The first-order valence-electron chi connectivity index (χ1n) is 13.5. The molecule has 49 heavy (non-hydrogen) atoms. The molecule has 2 aromatic heterocycles. The maximum Gasteiger partial charge on any atom is 0.418 e. The molecule has 0 saturated heterocycles. The van der Waals surface area contributed by atoms with Crippen LogP contribution in [0.5, 0.6) is 0 Å². The van der Waals surface area contributed by atoms with E-state index in [0.29, 0.717) is 21.8 Å². The van der Waals surface area contributed by atoms with Gasteiger partial charge in [-0.1, -0.05) is 23.2 Å². The molecule has 0 amide bonds.